The molecule has 3 atom stereocenters. The Labute approximate surface area is 165 Å². The summed E-state index contributed by atoms with van der Waals surface area (Å²) < 4.78 is 5.64. The van der Waals surface area contributed by atoms with Crippen LogP contribution in [-0.2, 0) is 14.4 Å². The van der Waals surface area contributed by atoms with Crippen LogP contribution in [0.4, 0.5) is 0 Å². The van der Waals surface area contributed by atoms with Crippen molar-refractivity contribution in [3.05, 3.63) is 36.8 Å². The molecule has 3 heterocycles. The van der Waals surface area contributed by atoms with Crippen LogP contribution in [0.3, 0.4) is 0 Å². The molecule has 2 aliphatic rings. The normalized spacial score (nSPS) is 27.7. The highest BCUT2D eigenvalue weighted by Crippen LogP contribution is 2.51. The predicted octanol–water partition coefficient (Wildman–Crippen LogP) is 2.26. The molecule has 2 saturated heterocycles. The topological polar surface area (TPSA) is 82.9 Å². The molecule has 152 valence electrons. The first-order valence-electron chi connectivity index (χ1n) is 9.90. The van der Waals surface area contributed by atoms with Crippen molar-refractivity contribution in [1.82, 2.24) is 15.1 Å². The molecule has 3 amide bonds. The van der Waals surface area contributed by atoms with E-state index < -0.39 is 17.5 Å². The monoisotopic (exact) mass is 387 g/mol. The molecule has 1 aromatic heterocycles. The van der Waals surface area contributed by atoms with Gasteiger partial charge in [0.1, 0.15) is 17.3 Å². The molecule has 0 unspecified atom stereocenters. The van der Waals surface area contributed by atoms with Gasteiger partial charge in [-0.15, -0.1) is 6.58 Å². The minimum Gasteiger partial charge on any atom is -0.467 e. The molecule has 28 heavy (non-hydrogen) atoms. The first kappa shape index (κ1) is 20.2. The van der Waals surface area contributed by atoms with Gasteiger partial charge in [0.15, 0.2) is 0 Å². The quantitative estimate of drug-likeness (QED) is 0.786. The van der Waals surface area contributed by atoms with Crippen LogP contribution >= 0.6 is 0 Å². The highest BCUT2D eigenvalue weighted by atomic mass is 16.3. The van der Waals surface area contributed by atoms with Crippen LogP contribution < -0.4 is 5.32 Å². The van der Waals surface area contributed by atoms with Crippen LogP contribution in [-0.4, -0.2) is 53.7 Å². The summed E-state index contributed by atoms with van der Waals surface area (Å²) in [7, 11) is 3.36. The molecule has 7 nitrogen and oxygen atoms in total. The summed E-state index contributed by atoms with van der Waals surface area (Å²) in [6.07, 6.45) is 6.57. The maximum atomic E-state index is 13.5. The summed E-state index contributed by atoms with van der Waals surface area (Å²) in [6, 6.07) is 2.93. The number of carbonyl (C=O) groups excluding carboxylic acids is 3. The third-order valence-corrected chi connectivity index (χ3v) is 6.01. The number of furan rings is 1. The maximum absolute atomic E-state index is 13.5. The number of nitrogens with zero attached hydrogens (tertiary/aromatic N) is 2. The average Bonchev–Trinajstić information content (AvgIpc) is 3.31. The summed E-state index contributed by atoms with van der Waals surface area (Å²) >= 11 is 0. The molecule has 0 aromatic carbocycles. The Hall–Kier alpha value is -2.57. The molecule has 0 aliphatic carbocycles. The highest BCUT2D eigenvalue weighted by Gasteiger charge is 2.61. The maximum Gasteiger partial charge on any atom is 0.248 e. The number of allylic oxidation sites excluding steroid dienone is 1. The molecule has 2 aliphatic heterocycles. The van der Waals surface area contributed by atoms with Crippen molar-refractivity contribution in [2.75, 3.05) is 20.6 Å². The summed E-state index contributed by atoms with van der Waals surface area (Å²) in [5.74, 6) is -0.410. The molecule has 0 radical (unpaired) electrons. The molecule has 0 bridgehead atoms. The Morgan fingerprint density at radius 3 is 2.86 bits per heavy atom. The van der Waals surface area contributed by atoms with Gasteiger partial charge in [-0.25, -0.2) is 0 Å². The van der Waals surface area contributed by atoms with Crippen molar-refractivity contribution in [3.8, 4) is 0 Å². The van der Waals surface area contributed by atoms with Gasteiger partial charge in [0.2, 0.25) is 17.7 Å². The number of hydrogen-bond acceptors (Lipinski definition) is 4. The summed E-state index contributed by atoms with van der Waals surface area (Å²) in [5, 5.41) is 2.71. The van der Waals surface area contributed by atoms with Gasteiger partial charge in [-0.05, 0) is 44.2 Å². The largest absolute Gasteiger partial charge is 0.467 e. The molecular weight excluding hydrogens is 358 g/mol. The Morgan fingerprint density at radius 1 is 1.43 bits per heavy atom. The van der Waals surface area contributed by atoms with Gasteiger partial charge in [0.05, 0.1) is 12.2 Å². The average molecular weight is 387 g/mol. The molecule has 3 rings (SSSR count). The molecule has 2 fully saturated rings. The van der Waals surface area contributed by atoms with Crippen molar-refractivity contribution in [3.63, 3.8) is 0 Å². The summed E-state index contributed by atoms with van der Waals surface area (Å²) in [5.41, 5.74) is -1.02. The third kappa shape index (κ3) is 3.34. The Morgan fingerprint density at radius 2 is 2.21 bits per heavy atom. The summed E-state index contributed by atoms with van der Waals surface area (Å²) in [6.45, 7) is 4.36. The molecule has 1 spiro atoms. The molecule has 7 heteroatoms. The van der Waals surface area contributed by atoms with Crippen LogP contribution in [0.1, 0.15) is 50.3 Å². The lowest BCUT2D eigenvalue weighted by atomic mass is 9.85. The van der Waals surface area contributed by atoms with Crippen LogP contribution in [0, 0.1) is 5.92 Å². The Bertz CT molecular complexity index is 745. The Kier molecular flexibility index (Phi) is 5.91. The zero-order valence-corrected chi connectivity index (χ0v) is 16.6. The van der Waals surface area contributed by atoms with E-state index in [9.17, 15) is 14.4 Å². The van der Waals surface area contributed by atoms with Gasteiger partial charge in [-0.1, -0.05) is 6.08 Å². The minimum absolute atomic E-state index is 0.0834. The first-order valence-corrected chi connectivity index (χ1v) is 9.90. The second kappa shape index (κ2) is 8.20. The fourth-order valence-corrected chi connectivity index (χ4v) is 4.71. The molecule has 0 saturated carbocycles. The van der Waals surface area contributed by atoms with Crippen LogP contribution in [0.25, 0.3) is 0 Å². The van der Waals surface area contributed by atoms with Crippen LogP contribution in [0.2, 0.25) is 0 Å². The van der Waals surface area contributed by atoms with E-state index in [1.165, 1.54) is 6.26 Å². The summed E-state index contributed by atoms with van der Waals surface area (Å²) in [4.78, 5) is 43.0. The SMILES string of the molecule is C=CCCC(=O)N1[C@@H](c2ccco2)[C@@H](C(=O)NC)C[C@]12CCCCN(C)C2=O. The first-order chi connectivity index (χ1) is 13.5. The van der Waals surface area contributed by atoms with Crippen molar-refractivity contribution < 1.29 is 18.8 Å². The van der Waals surface area contributed by atoms with Crippen molar-refractivity contribution >= 4 is 17.7 Å². The van der Waals surface area contributed by atoms with Crippen molar-refractivity contribution in [1.29, 1.82) is 0 Å². The molecule has 1 N–H and O–H groups in total. The minimum atomic E-state index is -1.02. The van der Waals surface area contributed by atoms with E-state index >= 15 is 0 Å². The number of amides is 3. The second-order valence-electron chi connectivity index (χ2n) is 7.69. The lowest BCUT2D eigenvalue weighted by Crippen LogP contribution is -2.57. The lowest BCUT2D eigenvalue weighted by Gasteiger charge is -2.40. The van der Waals surface area contributed by atoms with Crippen molar-refractivity contribution in [2.24, 2.45) is 5.92 Å². The van der Waals surface area contributed by atoms with E-state index in [1.807, 2.05) is 0 Å². The number of rotatable bonds is 5. The number of likely N-dealkylation sites (N-methyl/N-ethyl adjacent to an activating group) is 1. The van der Waals surface area contributed by atoms with Gasteiger partial charge in [0.25, 0.3) is 0 Å². The standard InChI is InChI=1S/C21H29N3O4/c1-4-5-10-17(25)24-18(16-9-8-13-28-16)15(19(26)22-2)14-21(24)11-6-7-12-23(3)20(21)27/h4,8-9,13,15,18H,1,5-7,10-12,14H2,2-3H3,(H,22,26)/t15-,18+,21-/m0/s1. The fraction of sp³-hybridized carbons (Fsp3) is 0.571. The zero-order valence-electron chi connectivity index (χ0n) is 16.6. The Balaban J connectivity index is 2.13. The molecule has 1 aromatic rings. The van der Waals surface area contributed by atoms with Gasteiger partial charge in [0, 0.05) is 27.1 Å². The van der Waals surface area contributed by atoms with E-state index in [-0.39, 0.29) is 24.1 Å². The van der Waals surface area contributed by atoms with Gasteiger partial charge in [-0.3, -0.25) is 14.4 Å². The van der Waals surface area contributed by atoms with E-state index in [4.69, 9.17) is 4.42 Å². The number of hydrogen-bond donors (Lipinski definition) is 1. The van der Waals surface area contributed by atoms with E-state index in [0.717, 1.165) is 12.8 Å². The van der Waals surface area contributed by atoms with Gasteiger partial charge >= 0.3 is 0 Å². The lowest BCUT2D eigenvalue weighted by molar-refractivity contribution is -0.153. The van der Waals surface area contributed by atoms with Gasteiger partial charge in [-0.2, -0.15) is 0 Å². The van der Waals surface area contributed by atoms with Gasteiger partial charge < -0.3 is 19.5 Å². The fourth-order valence-electron chi connectivity index (χ4n) is 4.71. The van der Waals surface area contributed by atoms with Crippen molar-refractivity contribution in [2.45, 2.75) is 50.1 Å². The van der Waals surface area contributed by atoms with Crippen LogP contribution in [0.15, 0.2) is 35.5 Å². The van der Waals surface area contributed by atoms with E-state index in [0.29, 0.717) is 31.6 Å². The second-order valence-corrected chi connectivity index (χ2v) is 7.69. The third-order valence-electron chi connectivity index (χ3n) is 6.01. The smallest absolute Gasteiger partial charge is 0.248 e. The van der Waals surface area contributed by atoms with E-state index in [2.05, 4.69) is 11.9 Å². The predicted molar refractivity (Wildman–Crippen MR) is 104 cm³/mol. The number of carbonyl (C=O) groups is 3. The van der Waals surface area contributed by atoms with Crippen LogP contribution in [0.5, 0.6) is 0 Å². The van der Waals surface area contributed by atoms with E-state index in [1.54, 1.807) is 42.1 Å². The number of likely N-dealkylation sites (tertiary alicyclic amines) is 2. The highest BCUT2D eigenvalue weighted by molar-refractivity contribution is 5.95. The number of nitrogens with one attached hydrogen (secondary N) is 1. The molecular formula is C21H29N3O4. The zero-order chi connectivity index (χ0) is 20.3.